The Labute approximate surface area is 148 Å². The van der Waals surface area contributed by atoms with Crippen molar-refractivity contribution in [1.82, 2.24) is 34.1 Å². The second-order valence-corrected chi connectivity index (χ2v) is 6.44. The lowest BCUT2D eigenvalue weighted by Gasteiger charge is -2.08. The summed E-state index contributed by atoms with van der Waals surface area (Å²) in [4.78, 5) is 8.59. The fourth-order valence-electron chi connectivity index (χ4n) is 3.06. The Bertz CT molecular complexity index is 908. The van der Waals surface area contributed by atoms with E-state index in [0.717, 1.165) is 13.0 Å². The Morgan fingerprint density at radius 1 is 1.23 bits per heavy atom. The predicted octanol–water partition coefficient (Wildman–Crippen LogP) is 2.05. The van der Waals surface area contributed by atoms with E-state index in [-0.39, 0.29) is 5.82 Å². The van der Waals surface area contributed by atoms with Crippen molar-refractivity contribution in [1.29, 1.82) is 0 Å². The summed E-state index contributed by atoms with van der Waals surface area (Å²) >= 11 is 0. The zero-order chi connectivity index (χ0) is 18.3. The Balaban J connectivity index is 1.75. The van der Waals surface area contributed by atoms with Gasteiger partial charge >= 0.3 is 0 Å². The van der Waals surface area contributed by atoms with Gasteiger partial charge in [-0.25, -0.2) is 23.4 Å². The van der Waals surface area contributed by atoms with Crippen molar-refractivity contribution >= 4 is 0 Å². The summed E-state index contributed by atoms with van der Waals surface area (Å²) in [5.74, 6) is 0.923. The van der Waals surface area contributed by atoms with Crippen molar-refractivity contribution < 1.29 is 13.5 Å². The normalized spacial score (nSPS) is 17.5. The molecule has 1 atom stereocenters. The molecule has 1 aliphatic rings. The van der Waals surface area contributed by atoms with E-state index in [9.17, 15) is 8.78 Å². The van der Waals surface area contributed by atoms with Gasteiger partial charge in [0.2, 0.25) is 5.82 Å². The average Bonchev–Trinajstić information content (AvgIpc) is 3.34. The van der Waals surface area contributed by atoms with Crippen molar-refractivity contribution in [2.24, 2.45) is 20.0 Å². The summed E-state index contributed by atoms with van der Waals surface area (Å²) in [5.41, 5.74) is 0.997. The van der Waals surface area contributed by atoms with Crippen molar-refractivity contribution in [3.05, 3.63) is 24.3 Å². The van der Waals surface area contributed by atoms with E-state index in [1.807, 2.05) is 13.1 Å². The molecule has 8 nitrogen and oxygen atoms in total. The fraction of sp³-hybridized carbons (Fsp3) is 0.500. The van der Waals surface area contributed by atoms with Gasteiger partial charge in [-0.2, -0.15) is 5.10 Å². The molecule has 0 bridgehead atoms. The first-order valence-electron chi connectivity index (χ1n) is 8.35. The number of aromatic nitrogens is 7. The molecule has 0 aromatic carbocycles. The van der Waals surface area contributed by atoms with Gasteiger partial charge in [-0.05, 0) is 12.5 Å². The highest BCUT2D eigenvalue weighted by atomic mass is 19.3. The molecule has 1 unspecified atom stereocenters. The van der Waals surface area contributed by atoms with Gasteiger partial charge < -0.3 is 9.30 Å². The van der Waals surface area contributed by atoms with Gasteiger partial charge in [0, 0.05) is 45.6 Å². The molecule has 3 aromatic rings. The highest BCUT2D eigenvalue weighted by Crippen LogP contribution is 2.26. The fourth-order valence-corrected chi connectivity index (χ4v) is 3.06. The number of rotatable bonds is 5. The van der Waals surface area contributed by atoms with Crippen molar-refractivity contribution in [3.63, 3.8) is 0 Å². The molecule has 4 heterocycles. The van der Waals surface area contributed by atoms with E-state index in [1.165, 1.54) is 4.57 Å². The van der Waals surface area contributed by atoms with Gasteiger partial charge in [-0.3, -0.25) is 4.68 Å². The van der Waals surface area contributed by atoms with Crippen LogP contribution in [0.1, 0.15) is 18.7 Å². The molecule has 0 N–H and O–H groups in total. The van der Waals surface area contributed by atoms with Crippen molar-refractivity contribution in [2.75, 3.05) is 13.2 Å². The highest BCUT2D eigenvalue weighted by Gasteiger charge is 2.24. The van der Waals surface area contributed by atoms with E-state index >= 15 is 0 Å². The number of ether oxygens (including phenoxy) is 1. The molecular weight excluding hydrogens is 344 g/mol. The molecule has 0 saturated carbocycles. The van der Waals surface area contributed by atoms with Crippen LogP contribution in [0.2, 0.25) is 0 Å². The van der Waals surface area contributed by atoms with Gasteiger partial charge in [0.1, 0.15) is 11.4 Å². The van der Waals surface area contributed by atoms with Crippen molar-refractivity contribution in [2.45, 2.75) is 19.4 Å². The lowest BCUT2D eigenvalue weighted by molar-refractivity contribution is 0.137. The van der Waals surface area contributed by atoms with Crippen LogP contribution in [0.25, 0.3) is 23.0 Å². The number of hydrogen-bond acceptors (Lipinski definition) is 5. The topological polar surface area (TPSA) is 75.6 Å². The number of halogens is 2. The SMILES string of the molecule is Cn1ccc(-c2nc(-c3cn(C)c(C(F)F)n3)n(CC3CCOC3)n2)n1. The monoisotopic (exact) mass is 363 g/mol. The first-order valence-corrected chi connectivity index (χ1v) is 8.35. The van der Waals surface area contributed by atoms with Gasteiger partial charge in [0.15, 0.2) is 11.6 Å². The maximum atomic E-state index is 13.1. The number of aryl methyl sites for hydroxylation is 2. The van der Waals surface area contributed by atoms with Gasteiger partial charge in [0.25, 0.3) is 6.43 Å². The summed E-state index contributed by atoms with van der Waals surface area (Å²) < 4.78 is 36.3. The molecular formula is C16H19F2N7O. The zero-order valence-corrected chi connectivity index (χ0v) is 14.5. The molecule has 0 amide bonds. The maximum absolute atomic E-state index is 13.1. The summed E-state index contributed by atoms with van der Waals surface area (Å²) in [5, 5.41) is 8.87. The minimum absolute atomic E-state index is 0.293. The van der Waals surface area contributed by atoms with Crippen LogP contribution in [0.15, 0.2) is 18.5 Å². The number of nitrogens with zero attached hydrogens (tertiary/aromatic N) is 7. The van der Waals surface area contributed by atoms with Gasteiger partial charge in [-0.1, -0.05) is 0 Å². The Morgan fingerprint density at radius 2 is 2.08 bits per heavy atom. The minimum Gasteiger partial charge on any atom is -0.381 e. The van der Waals surface area contributed by atoms with E-state index in [4.69, 9.17) is 4.74 Å². The second kappa shape index (κ2) is 6.60. The summed E-state index contributed by atoms with van der Waals surface area (Å²) in [6, 6.07) is 1.81. The molecule has 10 heteroatoms. The second-order valence-electron chi connectivity index (χ2n) is 6.44. The van der Waals surface area contributed by atoms with Crippen LogP contribution in [-0.4, -0.2) is 47.3 Å². The highest BCUT2D eigenvalue weighted by molar-refractivity contribution is 5.56. The third-order valence-corrected chi connectivity index (χ3v) is 4.41. The van der Waals surface area contributed by atoms with Crippen LogP contribution in [0.4, 0.5) is 8.78 Å². The van der Waals surface area contributed by atoms with Crippen LogP contribution in [0, 0.1) is 5.92 Å². The zero-order valence-electron chi connectivity index (χ0n) is 14.5. The predicted molar refractivity (Wildman–Crippen MR) is 88.3 cm³/mol. The lowest BCUT2D eigenvalue weighted by atomic mass is 10.1. The lowest BCUT2D eigenvalue weighted by Crippen LogP contribution is -2.13. The third kappa shape index (κ3) is 3.12. The Morgan fingerprint density at radius 3 is 2.69 bits per heavy atom. The first-order chi connectivity index (χ1) is 12.5. The standard InChI is InChI=1S/C16H19F2N7O/c1-23-8-12(19-16(23)13(17)18)15-20-14(11-3-5-24(2)21-11)22-25(15)7-10-4-6-26-9-10/h3,5,8,10,13H,4,6-7,9H2,1-2H3. The molecule has 1 fully saturated rings. The van der Waals surface area contributed by atoms with E-state index in [0.29, 0.717) is 42.1 Å². The third-order valence-electron chi connectivity index (χ3n) is 4.41. The van der Waals surface area contributed by atoms with E-state index in [1.54, 1.807) is 28.8 Å². The van der Waals surface area contributed by atoms with Crippen LogP contribution < -0.4 is 0 Å². The Kier molecular flexibility index (Phi) is 4.27. The molecule has 4 rings (SSSR count). The Hall–Kier alpha value is -2.62. The molecule has 138 valence electrons. The number of alkyl halides is 2. The number of imidazole rings is 1. The molecule has 1 saturated heterocycles. The summed E-state index contributed by atoms with van der Waals surface area (Å²) in [6.07, 6.45) is 1.64. The molecule has 26 heavy (non-hydrogen) atoms. The summed E-state index contributed by atoms with van der Waals surface area (Å²) in [7, 11) is 3.36. The number of hydrogen-bond donors (Lipinski definition) is 0. The van der Waals surface area contributed by atoms with Crippen molar-refractivity contribution in [3.8, 4) is 23.0 Å². The first kappa shape index (κ1) is 16.8. The smallest absolute Gasteiger partial charge is 0.295 e. The minimum atomic E-state index is -2.65. The van der Waals surface area contributed by atoms with E-state index < -0.39 is 6.43 Å². The van der Waals surface area contributed by atoms with Gasteiger partial charge in [0.05, 0.1) is 6.61 Å². The van der Waals surface area contributed by atoms with Crippen LogP contribution in [0.3, 0.4) is 0 Å². The van der Waals surface area contributed by atoms with E-state index in [2.05, 4.69) is 20.2 Å². The molecule has 1 aliphatic heterocycles. The quantitative estimate of drug-likeness (QED) is 0.694. The average molecular weight is 363 g/mol. The summed E-state index contributed by atoms with van der Waals surface area (Å²) in [6.45, 7) is 1.97. The van der Waals surface area contributed by atoms with Crippen LogP contribution in [0.5, 0.6) is 0 Å². The van der Waals surface area contributed by atoms with Gasteiger partial charge in [-0.15, -0.1) is 5.10 Å². The molecule has 0 aliphatic carbocycles. The molecule has 3 aromatic heterocycles. The maximum Gasteiger partial charge on any atom is 0.295 e. The van der Waals surface area contributed by atoms with Crippen LogP contribution >= 0.6 is 0 Å². The molecule has 0 spiro atoms. The largest absolute Gasteiger partial charge is 0.381 e. The van der Waals surface area contributed by atoms with Crippen LogP contribution in [-0.2, 0) is 25.4 Å². The molecule has 0 radical (unpaired) electrons.